The molecule has 0 aliphatic rings. The molecule has 0 aliphatic heterocycles. The fourth-order valence-corrected chi connectivity index (χ4v) is 3.27. The molecule has 6 heteroatoms. The molecule has 0 unspecified atom stereocenters. The molecule has 0 atom stereocenters. The van der Waals surface area contributed by atoms with Gasteiger partial charge in [-0.15, -0.1) is 0 Å². The van der Waals surface area contributed by atoms with Gasteiger partial charge in [0.15, 0.2) is 0 Å². The maximum atomic E-state index is 12.8. The van der Waals surface area contributed by atoms with Crippen molar-refractivity contribution in [3.63, 3.8) is 0 Å². The number of rotatable bonds is 10. The van der Waals surface area contributed by atoms with E-state index < -0.39 is 5.54 Å². The first-order valence-electron chi connectivity index (χ1n) is 10.1. The number of aliphatic hydroxyl groups is 2. The summed E-state index contributed by atoms with van der Waals surface area (Å²) in [6.07, 6.45) is 4.21. The van der Waals surface area contributed by atoms with Crippen LogP contribution in [0.3, 0.4) is 0 Å². The zero-order valence-corrected chi connectivity index (χ0v) is 16.8. The normalized spacial score (nSPS) is 12.0. The molecule has 0 spiro atoms. The predicted molar refractivity (Wildman–Crippen MR) is 114 cm³/mol. The minimum absolute atomic E-state index is 0.0794. The minimum Gasteiger partial charge on any atom is -0.493 e. The van der Waals surface area contributed by atoms with E-state index in [1.54, 1.807) is 24.3 Å². The number of nitrogens with two attached hydrogens (primary N) is 1. The van der Waals surface area contributed by atoms with Crippen LogP contribution in [0.25, 0.3) is 21.9 Å². The largest absolute Gasteiger partial charge is 0.493 e. The average molecular weight is 399 g/mol. The van der Waals surface area contributed by atoms with Crippen molar-refractivity contribution in [1.82, 2.24) is 0 Å². The molecule has 0 bridgehead atoms. The lowest BCUT2D eigenvalue weighted by atomic mass is 9.93. The highest BCUT2D eigenvalue weighted by Gasteiger charge is 2.22. The summed E-state index contributed by atoms with van der Waals surface area (Å²) in [6, 6.07) is 10.7. The summed E-state index contributed by atoms with van der Waals surface area (Å²) in [6.45, 7) is 2.19. The smallest absolute Gasteiger partial charge is 0.200 e. The molecule has 3 aromatic rings. The average Bonchev–Trinajstić information content (AvgIpc) is 2.75. The van der Waals surface area contributed by atoms with E-state index in [0.29, 0.717) is 47.1 Å². The molecule has 6 nitrogen and oxygen atoms in total. The van der Waals surface area contributed by atoms with Gasteiger partial charge in [0.1, 0.15) is 16.9 Å². The second-order valence-electron chi connectivity index (χ2n) is 7.65. The van der Waals surface area contributed by atoms with Gasteiger partial charge in [-0.3, -0.25) is 4.79 Å². The molecule has 29 heavy (non-hydrogen) atoms. The molecular formula is C23H29NO5. The van der Waals surface area contributed by atoms with Gasteiger partial charge in [0.05, 0.1) is 36.1 Å². The first-order chi connectivity index (χ1) is 14.0. The molecule has 1 heterocycles. The van der Waals surface area contributed by atoms with Crippen molar-refractivity contribution in [1.29, 1.82) is 0 Å². The summed E-state index contributed by atoms with van der Waals surface area (Å²) >= 11 is 0. The van der Waals surface area contributed by atoms with Crippen LogP contribution < -0.4 is 15.9 Å². The van der Waals surface area contributed by atoms with Gasteiger partial charge in [-0.2, -0.15) is 0 Å². The third kappa shape index (κ3) is 4.96. The lowest BCUT2D eigenvalue weighted by Gasteiger charge is -2.24. The highest BCUT2D eigenvalue weighted by Crippen LogP contribution is 2.24. The van der Waals surface area contributed by atoms with Crippen molar-refractivity contribution < 1.29 is 19.4 Å². The molecule has 1 aromatic heterocycles. The van der Waals surface area contributed by atoms with E-state index in [1.165, 1.54) is 0 Å². The summed E-state index contributed by atoms with van der Waals surface area (Å²) in [5.74, 6) is 0.686. The molecule has 4 N–H and O–H groups in total. The fourth-order valence-electron chi connectivity index (χ4n) is 3.27. The summed E-state index contributed by atoms with van der Waals surface area (Å²) in [5.41, 5.74) is 6.75. The number of hydrogen-bond donors (Lipinski definition) is 3. The second-order valence-corrected chi connectivity index (χ2v) is 7.65. The lowest BCUT2D eigenvalue weighted by Crippen LogP contribution is -2.47. The number of unbranched alkanes of at least 4 members (excludes halogenated alkanes) is 2. The maximum Gasteiger partial charge on any atom is 0.200 e. The Morgan fingerprint density at radius 3 is 2.41 bits per heavy atom. The predicted octanol–water partition coefficient (Wildman–Crippen LogP) is 3.13. The Labute approximate surface area is 169 Å². The van der Waals surface area contributed by atoms with Gasteiger partial charge >= 0.3 is 0 Å². The number of fused-ring (bicyclic) bond motifs is 2. The highest BCUT2D eigenvalue weighted by molar-refractivity contribution is 5.90. The van der Waals surface area contributed by atoms with Crippen molar-refractivity contribution in [2.45, 2.75) is 44.6 Å². The fraction of sp³-hybridized carbons (Fsp3) is 0.435. The maximum absolute atomic E-state index is 12.8. The van der Waals surface area contributed by atoms with Gasteiger partial charge in [-0.1, -0.05) is 25.8 Å². The Balaban J connectivity index is 1.88. The van der Waals surface area contributed by atoms with Crippen molar-refractivity contribution >= 4 is 21.9 Å². The van der Waals surface area contributed by atoms with E-state index >= 15 is 0 Å². The summed E-state index contributed by atoms with van der Waals surface area (Å²) in [5, 5.41) is 19.7. The van der Waals surface area contributed by atoms with E-state index in [0.717, 1.165) is 24.8 Å². The van der Waals surface area contributed by atoms with Crippen LogP contribution in [-0.2, 0) is 6.42 Å². The van der Waals surface area contributed by atoms with Crippen molar-refractivity contribution in [3.8, 4) is 5.75 Å². The SMILES string of the molecule is CCCCCOc1ccc2c(=O)c3ccc(CCC(N)(CO)CO)cc3oc2c1. The minimum atomic E-state index is -1.02. The van der Waals surface area contributed by atoms with Gasteiger partial charge in [0.25, 0.3) is 0 Å². The van der Waals surface area contributed by atoms with Crippen LogP contribution in [-0.4, -0.2) is 35.6 Å². The molecule has 2 aromatic carbocycles. The zero-order valence-electron chi connectivity index (χ0n) is 16.8. The summed E-state index contributed by atoms with van der Waals surface area (Å²) < 4.78 is 11.8. The Kier molecular flexibility index (Phi) is 6.90. The first kappa shape index (κ1) is 21.3. The Morgan fingerprint density at radius 2 is 1.72 bits per heavy atom. The van der Waals surface area contributed by atoms with Crippen molar-refractivity contribution in [3.05, 3.63) is 52.2 Å². The standard InChI is InChI=1S/C23H29NO5/c1-2-3-4-11-28-17-6-8-19-21(13-17)29-20-12-16(5-7-18(20)22(19)27)9-10-23(24,14-25)15-26/h5-8,12-13,25-26H,2-4,9-11,14-15,24H2,1H3. The zero-order chi connectivity index (χ0) is 20.9. The third-order valence-corrected chi connectivity index (χ3v) is 5.27. The van der Waals surface area contributed by atoms with E-state index in [2.05, 4.69) is 6.92 Å². The molecule has 0 saturated heterocycles. The number of hydrogen-bond acceptors (Lipinski definition) is 6. The molecule has 156 valence electrons. The van der Waals surface area contributed by atoms with Crippen LogP contribution in [0.15, 0.2) is 45.6 Å². The lowest BCUT2D eigenvalue weighted by molar-refractivity contribution is 0.115. The number of aliphatic hydroxyl groups excluding tert-OH is 2. The van der Waals surface area contributed by atoms with E-state index in [1.807, 2.05) is 12.1 Å². The van der Waals surface area contributed by atoms with Crippen LogP contribution in [0.4, 0.5) is 0 Å². The molecule has 0 amide bonds. The van der Waals surface area contributed by atoms with E-state index in [4.69, 9.17) is 14.9 Å². The van der Waals surface area contributed by atoms with Gasteiger partial charge < -0.3 is 25.1 Å². The van der Waals surface area contributed by atoms with Gasteiger partial charge in [0.2, 0.25) is 5.43 Å². The van der Waals surface area contributed by atoms with Crippen LogP contribution >= 0.6 is 0 Å². The van der Waals surface area contributed by atoms with Gasteiger partial charge in [0, 0.05) is 6.07 Å². The van der Waals surface area contributed by atoms with Crippen molar-refractivity contribution in [2.75, 3.05) is 19.8 Å². The summed E-state index contributed by atoms with van der Waals surface area (Å²) in [4.78, 5) is 12.8. The topological polar surface area (TPSA) is 106 Å². The third-order valence-electron chi connectivity index (χ3n) is 5.27. The molecule has 0 aliphatic carbocycles. The number of benzene rings is 2. The molecular weight excluding hydrogens is 370 g/mol. The van der Waals surface area contributed by atoms with Crippen molar-refractivity contribution in [2.24, 2.45) is 5.73 Å². The molecule has 0 radical (unpaired) electrons. The van der Waals surface area contributed by atoms with Gasteiger partial charge in [-0.25, -0.2) is 0 Å². The number of ether oxygens (including phenoxy) is 1. The highest BCUT2D eigenvalue weighted by atomic mass is 16.5. The van der Waals surface area contributed by atoms with Crippen LogP contribution in [0.2, 0.25) is 0 Å². The van der Waals surface area contributed by atoms with Crippen LogP contribution in [0.5, 0.6) is 5.75 Å². The van der Waals surface area contributed by atoms with Crippen LogP contribution in [0.1, 0.15) is 38.2 Å². The van der Waals surface area contributed by atoms with E-state index in [9.17, 15) is 15.0 Å². The number of aryl methyl sites for hydroxylation is 1. The Hall–Kier alpha value is -2.41. The molecule has 0 saturated carbocycles. The Morgan fingerprint density at radius 1 is 1.03 bits per heavy atom. The molecule has 3 rings (SSSR count). The Bertz CT molecular complexity index is 1020. The second kappa shape index (κ2) is 9.39. The quantitative estimate of drug-likeness (QED) is 0.357. The summed E-state index contributed by atoms with van der Waals surface area (Å²) in [7, 11) is 0. The molecule has 0 fully saturated rings. The van der Waals surface area contributed by atoms with Crippen LogP contribution in [0, 0.1) is 0 Å². The monoisotopic (exact) mass is 399 g/mol. The first-order valence-corrected chi connectivity index (χ1v) is 10.1. The van der Waals surface area contributed by atoms with Gasteiger partial charge in [-0.05, 0) is 49.1 Å². The van der Waals surface area contributed by atoms with E-state index in [-0.39, 0.29) is 18.6 Å².